The van der Waals surface area contributed by atoms with Gasteiger partial charge < -0.3 is 24.6 Å². The molecular weight excluding hydrogens is 402 g/mol. The third kappa shape index (κ3) is 7.45. The lowest BCUT2D eigenvalue weighted by Crippen LogP contribution is -2.46. The van der Waals surface area contributed by atoms with Crippen LogP contribution in [-0.4, -0.2) is 46.8 Å². The van der Waals surface area contributed by atoms with Crippen molar-refractivity contribution in [3.63, 3.8) is 0 Å². The summed E-state index contributed by atoms with van der Waals surface area (Å²) in [5.41, 5.74) is 0.190. The van der Waals surface area contributed by atoms with Crippen molar-refractivity contribution in [3.8, 4) is 11.5 Å². The fraction of sp³-hybridized carbons (Fsp3) is 0.609. The van der Waals surface area contributed by atoms with Gasteiger partial charge in [0.25, 0.3) is 0 Å². The van der Waals surface area contributed by atoms with Crippen LogP contribution in [0.2, 0.25) is 0 Å². The molecule has 0 spiro atoms. The Bertz CT molecular complexity index is 849. The Morgan fingerprint density at radius 2 is 1.74 bits per heavy atom. The average molecular weight is 436 g/mol. The van der Waals surface area contributed by atoms with Crippen molar-refractivity contribution in [3.05, 3.63) is 23.3 Å². The first-order valence-electron chi connectivity index (χ1n) is 10.3. The van der Waals surface area contributed by atoms with E-state index in [0.29, 0.717) is 5.75 Å². The van der Waals surface area contributed by atoms with Gasteiger partial charge in [-0.2, -0.15) is 0 Å². The van der Waals surface area contributed by atoms with Gasteiger partial charge in [0, 0.05) is 24.0 Å². The molecule has 31 heavy (non-hydrogen) atoms. The van der Waals surface area contributed by atoms with Crippen LogP contribution in [0, 0.1) is 6.92 Å². The van der Waals surface area contributed by atoms with E-state index in [-0.39, 0.29) is 31.1 Å². The number of aromatic hydroxyl groups is 1. The molecule has 1 aromatic carbocycles. The van der Waals surface area contributed by atoms with Gasteiger partial charge in [0.05, 0.1) is 13.0 Å². The number of esters is 2. The first kappa shape index (κ1) is 24.5. The second-order valence-corrected chi connectivity index (χ2v) is 9.83. The molecule has 8 nitrogen and oxygen atoms in total. The third-order valence-electron chi connectivity index (χ3n) is 4.43. The zero-order chi connectivity index (χ0) is 23.6. The van der Waals surface area contributed by atoms with Crippen molar-refractivity contribution in [2.45, 2.75) is 84.5 Å². The van der Waals surface area contributed by atoms with Crippen LogP contribution in [0.1, 0.15) is 71.4 Å². The van der Waals surface area contributed by atoms with E-state index in [0.717, 1.165) is 11.1 Å². The SMILES string of the molecule is Cc1cc(O)cc2c1C(CC(=O)N[C@@H](CC(=O)OC(C)(C)C)C(=O)OC(C)(C)C)CO2. The van der Waals surface area contributed by atoms with Crippen molar-refractivity contribution in [1.29, 1.82) is 0 Å². The molecule has 8 heteroatoms. The zero-order valence-corrected chi connectivity index (χ0v) is 19.3. The monoisotopic (exact) mass is 435 g/mol. The molecule has 1 aliphatic heterocycles. The second kappa shape index (κ2) is 9.16. The predicted molar refractivity (Wildman–Crippen MR) is 114 cm³/mol. The quantitative estimate of drug-likeness (QED) is 0.660. The molecular formula is C23H33NO7. The number of carbonyl (C=O) groups is 3. The number of rotatable bonds is 6. The van der Waals surface area contributed by atoms with E-state index in [4.69, 9.17) is 14.2 Å². The summed E-state index contributed by atoms with van der Waals surface area (Å²) in [7, 11) is 0. The molecule has 0 bridgehead atoms. The first-order chi connectivity index (χ1) is 14.1. The number of amides is 1. The van der Waals surface area contributed by atoms with Crippen LogP contribution in [0.4, 0.5) is 0 Å². The molecule has 2 N–H and O–H groups in total. The molecule has 0 saturated carbocycles. The highest BCUT2D eigenvalue weighted by Crippen LogP contribution is 2.40. The van der Waals surface area contributed by atoms with Gasteiger partial charge in [0.1, 0.15) is 28.7 Å². The second-order valence-electron chi connectivity index (χ2n) is 9.83. The maximum Gasteiger partial charge on any atom is 0.329 e. The number of phenols is 1. The van der Waals surface area contributed by atoms with E-state index in [1.807, 2.05) is 6.92 Å². The van der Waals surface area contributed by atoms with Gasteiger partial charge >= 0.3 is 11.9 Å². The highest BCUT2D eigenvalue weighted by Gasteiger charge is 2.33. The summed E-state index contributed by atoms with van der Waals surface area (Å²) in [6.45, 7) is 12.4. The minimum absolute atomic E-state index is 0.0617. The Morgan fingerprint density at radius 3 is 2.32 bits per heavy atom. The fourth-order valence-electron chi connectivity index (χ4n) is 3.42. The lowest BCUT2D eigenvalue weighted by molar-refractivity contribution is -0.165. The van der Waals surface area contributed by atoms with Crippen LogP contribution >= 0.6 is 0 Å². The van der Waals surface area contributed by atoms with Gasteiger partial charge in [-0.15, -0.1) is 0 Å². The van der Waals surface area contributed by atoms with Gasteiger partial charge in [0.2, 0.25) is 5.91 Å². The molecule has 1 aromatic rings. The average Bonchev–Trinajstić information content (AvgIpc) is 2.93. The van der Waals surface area contributed by atoms with Gasteiger partial charge in [-0.1, -0.05) is 0 Å². The molecule has 1 unspecified atom stereocenters. The third-order valence-corrected chi connectivity index (χ3v) is 4.43. The number of ether oxygens (including phenoxy) is 3. The maximum atomic E-state index is 12.8. The molecule has 0 aliphatic carbocycles. The largest absolute Gasteiger partial charge is 0.508 e. The summed E-state index contributed by atoms with van der Waals surface area (Å²) < 4.78 is 16.3. The molecule has 1 heterocycles. The topological polar surface area (TPSA) is 111 Å². The summed E-state index contributed by atoms with van der Waals surface area (Å²) >= 11 is 0. The lowest BCUT2D eigenvalue weighted by atomic mass is 9.93. The van der Waals surface area contributed by atoms with E-state index in [9.17, 15) is 19.5 Å². The first-order valence-corrected chi connectivity index (χ1v) is 10.3. The normalized spacial score (nSPS) is 16.7. The van der Waals surface area contributed by atoms with Crippen LogP contribution < -0.4 is 10.1 Å². The number of aryl methyl sites for hydroxylation is 1. The predicted octanol–water partition coefficient (Wildman–Crippen LogP) is 3.13. The van der Waals surface area contributed by atoms with Crippen LogP contribution in [-0.2, 0) is 23.9 Å². The highest BCUT2D eigenvalue weighted by molar-refractivity contribution is 5.88. The number of carbonyl (C=O) groups excluding carboxylic acids is 3. The summed E-state index contributed by atoms with van der Waals surface area (Å²) in [6.07, 6.45) is -0.269. The number of phenolic OH excluding ortho intramolecular Hbond substituents is 1. The summed E-state index contributed by atoms with van der Waals surface area (Å²) in [5, 5.41) is 12.4. The van der Waals surface area contributed by atoms with Gasteiger partial charge in [0.15, 0.2) is 0 Å². The van der Waals surface area contributed by atoms with Crippen molar-refractivity contribution in [1.82, 2.24) is 5.32 Å². The molecule has 1 aliphatic rings. The number of hydrogen-bond acceptors (Lipinski definition) is 7. The summed E-state index contributed by atoms with van der Waals surface area (Å²) in [5.74, 6) is -1.29. The molecule has 172 valence electrons. The number of fused-ring (bicyclic) bond motifs is 1. The van der Waals surface area contributed by atoms with Crippen LogP contribution in [0.25, 0.3) is 0 Å². The van der Waals surface area contributed by atoms with E-state index in [2.05, 4.69) is 5.32 Å². The summed E-state index contributed by atoms with van der Waals surface area (Å²) in [4.78, 5) is 37.7. The van der Waals surface area contributed by atoms with Gasteiger partial charge in [-0.3, -0.25) is 9.59 Å². The Kier molecular flexibility index (Phi) is 7.24. The molecule has 2 rings (SSSR count). The molecule has 2 atom stereocenters. The smallest absolute Gasteiger partial charge is 0.329 e. The van der Waals surface area contributed by atoms with Gasteiger partial charge in [-0.25, -0.2) is 4.79 Å². The van der Waals surface area contributed by atoms with Crippen molar-refractivity contribution in [2.75, 3.05) is 6.61 Å². The molecule has 1 amide bonds. The number of nitrogens with one attached hydrogen (secondary N) is 1. The number of benzene rings is 1. The zero-order valence-electron chi connectivity index (χ0n) is 19.3. The minimum Gasteiger partial charge on any atom is -0.508 e. The highest BCUT2D eigenvalue weighted by atomic mass is 16.6. The van der Waals surface area contributed by atoms with E-state index in [1.165, 1.54) is 6.07 Å². The molecule has 0 saturated heterocycles. The minimum atomic E-state index is -1.16. The van der Waals surface area contributed by atoms with Crippen LogP contribution in [0.3, 0.4) is 0 Å². The van der Waals surface area contributed by atoms with E-state index >= 15 is 0 Å². The standard InChI is InChI=1S/C23H33NO7/c1-13-8-15(25)10-17-20(13)14(12-29-17)9-18(26)24-16(21(28)31-23(5,6)7)11-19(27)30-22(2,3)4/h8,10,14,16,25H,9,11-12H2,1-7H3,(H,24,26)/t14?,16-/m0/s1. The number of hydrogen-bond donors (Lipinski definition) is 2. The van der Waals surface area contributed by atoms with Crippen molar-refractivity contribution >= 4 is 17.8 Å². The molecule has 0 radical (unpaired) electrons. The maximum absolute atomic E-state index is 12.8. The molecule has 0 fully saturated rings. The van der Waals surface area contributed by atoms with Crippen LogP contribution in [0.15, 0.2) is 12.1 Å². The van der Waals surface area contributed by atoms with Crippen molar-refractivity contribution in [2.24, 2.45) is 0 Å². The van der Waals surface area contributed by atoms with E-state index in [1.54, 1.807) is 47.6 Å². The molecule has 0 aromatic heterocycles. The lowest BCUT2D eigenvalue weighted by Gasteiger charge is -2.26. The van der Waals surface area contributed by atoms with Crippen molar-refractivity contribution < 1.29 is 33.7 Å². The summed E-state index contributed by atoms with van der Waals surface area (Å²) in [6, 6.07) is 1.97. The van der Waals surface area contributed by atoms with E-state index < -0.39 is 35.1 Å². The Labute approximate surface area is 183 Å². The van der Waals surface area contributed by atoms with Gasteiger partial charge in [-0.05, 0) is 60.1 Å². The Hall–Kier alpha value is -2.77. The fourth-order valence-corrected chi connectivity index (χ4v) is 3.42. The Balaban J connectivity index is 2.11. The Morgan fingerprint density at radius 1 is 1.13 bits per heavy atom. The van der Waals surface area contributed by atoms with Crippen LogP contribution in [0.5, 0.6) is 11.5 Å².